The van der Waals surface area contributed by atoms with Gasteiger partial charge in [0.1, 0.15) is 11.6 Å². The summed E-state index contributed by atoms with van der Waals surface area (Å²) in [5.74, 6) is -0.303. The fourth-order valence-corrected chi connectivity index (χ4v) is 4.18. The highest BCUT2D eigenvalue weighted by molar-refractivity contribution is 6.30. The minimum absolute atomic E-state index is 0.101. The van der Waals surface area contributed by atoms with E-state index in [0.29, 0.717) is 22.4 Å². The van der Waals surface area contributed by atoms with Crippen molar-refractivity contribution in [2.24, 2.45) is 0 Å². The van der Waals surface area contributed by atoms with E-state index in [2.05, 4.69) is 10.4 Å². The van der Waals surface area contributed by atoms with Gasteiger partial charge in [-0.1, -0.05) is 24.4 Å². The zero-order chi connectivity index (χ0) is 19.0. The summed E-state index contributed by atoms with van der Waals surface area (Å²) >= 11 is 6.18. The Kier molecular flexibility index (Phi) is 4.78. The number of nitrogens with one attached hydrogen (secondary N) is 1. The predicted octanol–water partition coefficient (Wildman–Crippen LogP) is 3.59. The van der Waals surface area contributed by atoms with Crippen LogP contribution in [0.2, 0.25) is 5.02 Å². The molecule has 2 aromatic rings. The van der Waals surface area contributed by atoms with Crippen molar-refractivity contribution >= 4 is 29.3 Å². The van der Waals surface area contributed by atoms with E-state index in [1.165, 1.54) is 0 Å². The zero-order valence-corrected chi connectivity index (χ0v) is 15.4. The smallest absolute Gasteiger partial charge is 0.341 e. The number of benzene rings is 1. The lowest BCUT2D eigenvalue weighted by atomic mass is 9.86. The summed E-state index contributed by atoms with van der Waals surface area (Å²) in [6.07, 6.45) is 6.46. The van der Waals surface area contributed by atoms with Gasteiger partial charge < -0.3 is 15.2 Å². The quantitative estimate of drug-likeness (QED) is 0.815. The summed E-state index contributed by atoms with van der Waals surface area (Å²) in [4.78, 5) is 23.3. The first kappa shape index (κ1) is 17.9. The standard InChI is InChI=1S/C19H20ClN3O4/c20-11-5-6-16(27-10-18(25)26)14(7-11)13-8-17(24)22-19-15(13)9-21-23(19)12-3-1-2-4-12/h5-7,9,12-13H,1-4,8,10H2,(H,22,24)(H,25,26). The topological polar surface area (TPSA) is 93.4 Å². The number of amides is 1. The molecule has 1 aromatic heterocycles. The molecule has 1 aliphatic carbocycles. The summed E-state index contributed by atoms with van der Waals surface area (Å²) in [5, 5.41) is 16.9. The van der Waals surface area contributed by atoms with Gasteiger partial charge in [0, 0.05) is 28.5 Å². The van der Waals surface area contributed by atoms with Crippen molar-refractivity contribution in [2.75, 3.05) is 11.9 Å². The number of ether oxygens (including phenoxy) is 1. The molecule has 0 saturated heterocycles. The second kappa shape index (κ2) is 7.23. The summed E-state index contributed by atoms with van der Waals surface area (Å²) in [6.45, 7) is -0.457. The molecule has 7 nitrogen and oxygen atoms in total. The lowest BCUT2D eigenvalue weighted by Gasteiger charge is -2.26. The molecule has 0 radical (unpaired) electrons. The molecule has 142 valence electrons. The second-order valence-electron chi connectivity index (χ2n) is 7.00. The van der Waals surface area contributed by atoms with Crippen LogP contribution < -0.4 is 10.1 Å². The van der Waals surface area contributed by atoms with E-state index < -0.39 is 12.6 Å². The molecule has 1 saturated carbocycles. The minimum atomic E-state index is -1.06. The number of hydrogen-bond donors (Lipinski definition) is 2. The maximum atomic E-state index is 12.4. The number of halogens is 1. The highest BCUT2D eigenvalue weighted by atomic mass is 35.5. The van der Waals surface area contributed by atoms with Crippen LogP contribution in [-0.4, -0.2) is 33.4 Å². The second-order valence-corrected chi connectivity index (χ2v) is 7.44. The first-order valence-electron chi connectivity index (χ1n) is 9.04. The molecule has 2 aliphatic rings. The van der Waals surface area contributed by atoms with Crippen LogP contribution in [0.15, 0.2) is 24.4 Å². The number of carboxylic acids is 1. The lowest BCUT2D eigenvalue weighted by Crippen LogP contribution is -2.26. The van der Waals surface area contributed by atoms with Crippen molar-refractivity contribution in [3.8, 4) is 5.75 Å². The fraction of sp³-hybridized carbons (Fsp3) is 0.421. The molecule has 1 aliphatic heterocycles. The zero-order valence-electron chi connectivity index (χ0n) is 14.7. The highest BCUT2D eigenvalue weighted by Gasteiger charge is 2.34. The van der Waals surface area contributed by atoms with Crippen molar-refractivity contribution < 1.29 is 19.4 Å². The Morgan fingerprint density at radius 2 is 2.11 bits per heavy atom. The van der Waals surface area contributed by atoms with Crippen molar-refractivity contribution in [3.05, 3.63) is 40.5 Å². The van der Waals surface area contributed by atoms with E-state index >= 15 is 0 Å². The molecule has 0 bridgehead atoms. The molecule has 8 heteroatoms. The molecular formula is C19H20ClN3O4. The number of anilines is 1. The van der Waals surface area contributed by atoms with Gasteiger partial charge in [-0.3, -0.25) is 4.79 Å². The van der Waals surface area contributed by atoms with Crippen molar-refractivity contribution in [3.63, 3.8) is 0 Å². The number of hydrogen-bond acceptors (Lipinski definition) is 4. The predicted molar refractivity (Wildman–Crippen MR) is 99.4 cm³/mol. The van der Waals surface area contributed by atoms with Crippen LogP contribution in [-0.2, 0) is 9.59 Å². The number of carbonyl (C=O) groups excluding carboxylic acids is 1. The summed E-state index contributed by atoms with van der Waals surface area (Å²) in [5.41, 5.74) is 1.61. The Hall–Kier alpha value is -2.54. The van der Waals surface area contributed by atoms with Gasteiger partial charge in [0.25, 0.3) is 0 Å². The largest absolute Gasteiger partial charge is 0.482 e. The number of aromatic nitrogens is 2. The minimum Gasteiger partial charge on any atom is -0.482 e. The van der Waals surface area contributed by atoms with Gasteiger partial charge in [-0.05, 0) is 31.0 Å². The van der Waals surface area contributed by atoms with Crippen LogP contribution in [0, 0.1) is 0 Å². The molecule has 27 heavy (non-hydrogen) atoms. The maximum Gasteiger partial charge on any atom is 0.341 e. The molecule has 2 heterocycles. The number of carbonyl (C=O) groups is 2. The van der Waals surface area contributed by atoms with E-state index in [4.69, 9.17) is 21.4 Å². The molecule has 1 amide bonds. The van der Waals surface area contributed by atoms with Gasteiger partial charge in [0.2, 0.25) is 5.91 Å². The molecule has 1 unspecified atom stereocenters. The third-order valence-corrected chi connectivity index (χ3v) is 5.45. The van der Waals surface area contributed by atoms with Crippen LogP contribution in [0.5, 0.6) is 5.75 Å². The maximum absolute atomic E-state index is 12.4. The van der Waals surface area contributed by atoms with Gasteiger partial charge in [-0.2, -0.15) is 5.10 Å². The fourth-order valence-electron chi connectivity index (χ4n) is 4.00. The van der Waals surface area contributed by atoms with Crippen LogP contribution in [0.4, 0.5) is 5.82 Å². The third-order valence-electron chi connectivity index (χ3n) is 5.22. The SMILES string of the molecule is O=C(O)COc1ccc(Cl)cc1C1CC(=O)Nc2c1cnn2C1CCCC1. The van der Waals surface area contributed by atoms with Gasteiger partial charge >= 0.3 is 5.97 Å². The first-order valence-corrected chi connectivity index (χ1v) is 9.42. The normalized spacial score (nSPS) is 19.6. The van der Waals surface area contributed by atoms with Crippen molar-refractivity contribution in [2.45, 2.75) is 44.1 Å². The lowest BCUT2D eigenvalue weighted by molar-refractivity contribution is -0.139. The molecular weight excluding hydrogens is 370 g/mol. The number of rotatable bonds is 5. The Morgan fingerprint density at radius 3 is 2.85 bits per heavy atom. The average Bonchev–Trinajstić information content (AvgIpc) is 3.28. The molecule has 2 N–H and O–H groups in total. The number of fused-ring (bicyclic) bond motifs is 1. The van der Waals surface area contributed by atoms with Crippen LogP contribution in [0.1, 0.15) is 55.2 Å². The summed E-state index contributed by atoms with van der Waals surface area (Å²) in [6, 6.07) is 5.33. The number of nitrogens with zero attached hydrogens (tertiary/aromatic N) is 2. The molecule has 0 spiro atoms. The Bertz CT molecular complexity index is 889. The Balaban J connectivity index is 1.74. The summed E-state index contributed by atoms with van der Waals surface area (Å²) in [7, 11) is 0. The number of aliphatic carboxylic acids is 1. The molecule has 1 atom stereocenters. The Labute approximate surface area is 161 Å². The first-order chi connectivity index (χ1) is 13.0. The third kappa shape index (κ3) is 3.51. The van der Waals surface area contributed by atoms with Crippen LogP contribution in [0.3, 0.4) is 0 Å². The van der Waals surface area contributed by atoms with Crippen LogP contribution >= 0.6 is 11.6 Å². The van der Waals surface area contributed by atoms with Crippen molar-refractivity contribution in [1.29, 1.82) is 0 Å². The molecule has 1 fully saturated rings. The Morgan fingerprint density at radius 1 is 1.33 bits per heavy atom. The van der Waals surface area contributed by atoms with Crippen molar-refractivity contribution in [1.82, 2.24) is 9.78 Å². The van der Waals surface area contributed by atoms with E-state index in [0.717, 1.165) is 37.1 Å². The van der Waals surface area contributed by atoms with Crippen LogP contribution in [0.25, 0.3) is 0 Å². The van der Waals surface area contributed by atoms with E-state index in [1.54, 1.807) is 24.4 Å². The molecule has 1 aromatic carbocycles. The summed E-state index contributed by atoms with van der Waals surface area (Å²) < 4.78 is 7.37. The van der Waals surface area contributed by atoms with E-state index in [-0.39, 0.29) is 18.2 Å². The average molecular weight is 390 g/mol. The monoisotopic (exact) mass is 389 g/mol. The van der Waals surface area contributed by atoms with Gasteiger partial charge in [0.15, 0.2) is 6.61 Å². The van der Waals surface area contributed by atoms with E-state index in [1.807, 2.05) is 4.68 Å². The number of carboxylic acid groups (broad SMARTS) is 1. The van der Waals surface area contributed by atoms with E-state index in [9.17, 15) is 9.59 Å². The highest BCUT2D eigenvalue weighted by Crippen LogP contribution is 2.43. The molecule has 4 rings (SSSR count). The van der Waals surface area contributed by atoms with Gasteiger partial charge in [0.05, 0.1) is 12.2 Å². The van der Waals surface area contributed by atoms with Gasteiger partial charge in [-0.25, -0.2) is 9.48 Å². The van der Waals surface area contributed by atoms with Gasteiger partial charge in [-0.15, -0.1) is 0 Å².